The number of unbranched alkanes of at least 4 members (excludes halogenated alkanes) is 1. The van der Waals surface area contributed by atoms with Gasteiger partial charge in [-0.05, 0) is 32.2 Å². The van der Waals surface area contributed by atoms with E-state index in [1.807, 2.05) is 0 Å². The van der Waals surface area contributed by atoms with Gasteiger partial charge < -0.3 is 21.7 Å². The Balaban J connectivity index is 2.03. The van der Waals surface area contributed by atoms with Crippen LogP contribution in [0.15, 0.2) is 0 Å². The Bertz CT molecular complexity index is 278. The van der Waals surface area contributed by atoms with Gasteiger partial charge in [0.25, 0.3) is 0 Å². The minimum atomic E-state index is -0.246. The number of nitrogens with one attached hydrogen (secondary N) is 3. The Morgan fingerprint density at radius 1 is 1.05 bits per heavy atom. The van der Waals surface area contributed by atoms with Crippen molar-refractivity contribution in [3.8, 4) is 0 Å². The largest absolute Gasteiger partial charge is 0.355 e. The van der Waals surface area contributed by atoms with Crippen molar-refractivity contribution in [1.29, 1.82) is 0 Å². The quantitative estimate of drug-likeness (QED) is 0.506. The highest BCUT2D eigenvalue weighted by Gasteiger charge is 2.15. The van der Waals surface area contributed by atoms with Gasteiger partial charge in [-0.1, -0.05) is 19.3 Å². The van der Waals surface area contributed by atoms with Crippen LogP contribution in [0.1, 0.15) is 44.9 Å². The topological polar surface area (TPSA) is 96.2 Å². The van der Waals surface area contributed by atoms with Crippen LogP contribution in [0.4, 0.5) is 4.79 Å². The van der Waals surface area contributed by atoms with Gasteiger partial charge in [-0.2, -0.15) is 0 Å². The molecule has 0 aromatic heterocycles. The first kappa shape index (κ1) is 15.8. The number of amides is 3. The standard InChI is InChI=1S/C13H26N4O2/c14-8-4-5-9-15-12(18)10-16-13(19)17-11-6-2-1-3-7-11/h11H,1-10,14H2,(H,15,18)(H2,16,17,19). The predicted molar refractivity (Wildman–Crippen MR) is 74.7 cm³/mol. The van der Waals surface area contributed by atoms with Crippen molar-refractivity contribution in [1.82, 2.24) is 16.0 Å². The maximum absolute atomic E-state index is 11.6. The first-order valence-electron chi connectivity index (χ1n) is 7.23. The normalized spacial score (nSPS) is 15.8. The molecule has 3 amide bonds. The fourth-order valence-electron chi connectivity index (χ4n) is 2.20. The Kier molecular flexibility index (Phi) is 7.97. The van der Waals surface area contributed by atoms with Gasteiger partial charge in [-0.25, -0.2) is 4.79 Å². The molecule has 1 aliphatic rings. The molecule has 6 heteroatoms. The predicted octanol–water partition coefficient (Wildman–Crippen LogP) is 0.473. The van der Waals surface area contributed by atoms with Crippen LogP contribution >= 0.6 is 0 Å². The molecular formula is C13H26N4O2. The summed E-state index contributed by atoms with van der Waals surface area (Å²) < 4.78 is 0. The highest BCUT2D eigenvalue weighted by atomic mass is 16.2. The second kappa shape index (κ2) is 9.61. The lowest BCUT2D eigenvalue weighted by Crippen LogP contribution is -2.46. The van der Waals surface area contributed by atoms with Gasteiger partial charge >= 0.3 is 6.03 Å². The van der Waals surface area contributed by atoms with Crippen LogP contribution in [0.2, 0.25) is 0 Å². The van der Waals surface area contributed by atoms with Crippen LogP contribution in [-0.4, -0.2) is 37.6 Å². The highest BCUT2D eigenvalue weighted by molar-refractivity contribution is 5.83. The van der Waals surface area contributed by atoms with Gasteiger partial charge in [-0.15, -0.1) is 0 Å². The van der Waals surface area contributed by atoms with E-state index >= 15 is 0 Å². The van der Waals surface area contributed by atoms with Crippen LogP contribution < -0.4 is 21.7 Å². The third-order valence-corrected chi connectivity index (χ3v) is 3.30. The fourth-order valence-corrected chi connectivity index (χ4v) is 2.20. The van der Waals surface area contributed by atoms with Crippen molar-refractivity contribution in [2.75, 3.05) is 19.6 Å². The Morgan fingerprint density at radius 3 is 2.47 bits per heavy atom. The Labute approximate surface area is 114 Å². The third kappa shape index (κ3) is 7.66. The van der Waals surface area contributed by atoms with Gasteiger partial charge in [0, 0.05) is 12.6 Å². The van der Waals surface area contributed by atoms with Crippen molar-refractivity contribution >= 4 is 11.9 Å². The molecule has 110 valence electrons. The number of carbonyl (C=O) groups excluding carboxylic acids is 2. The number of hydrogen-bond acceptors (Lipinski definition) is 3. The number of carbonyl (C=O) groups is 2. The molecule has 1 aliphatic carbocycles. The summed E-state index contributed by atoms with van der Waals surface area (Å²) >= 11 is 0. The monoisotopic (exact) mass is 270 g/mol. The fraction of sp³-hybridized carbons (Fsp3) is 0.846. The zero-order valence-corrected chi connectivity index (χ0v) is 11.5. The van der Waals surface area contributed by atoms with E-state index in [2.05, 4.69) is 16.0 Å². The molecule has 0 aromatic rings. The van der Waals surface area contributed by atoms with E-state index in [1.54, 1.807) is 0 Å². The van der Waals surface area contributed by atoms with Crippen molar-refractivity contribution in [2.45, 2.75) is 51.0 Å². The molecule has 0 spiro atoms. The molecule has 0 aliphatic heterocycles. The van der Waals surface area contributed by atoms with Crippen LogP contribution in [0.3, 0.4) is 0 Å². The summed E-state index contributed by atoms with van der Waals surface area (Å²) in [5.74, 6) is -0.157. The second-order valence-corrected chi connectivity index (χ2v) is 5.01. The SMILES string of the molecule is NCCCCNC(=O)CNC(=O)NC1CCCCC1. The minimum absolute atomic E-state index is 0.0289. The molecule has 1 saturated carbocycles. The zero-order chi connectivity index (χ0) is 13.9. The maximum Gasteiger partial charge on any atom is 0.315 e. The number of urea groups is 1. The Morgan fingerprint density at radius 2 is 1.79 bits per heavy atom. The summed E-state index contributed by atoms with van der Waals surface area (Å²) in [6.45, 7) is 1.28. The van der Waals surface area contributed by atoms with Crippen molar-refractivity contribution in [2.24, 2.45) is 5.73 Å². The molecule has 5 N–H and O–H groups in total. The van der Waals surface area contributed by atoms with Gasteiger partial charge in [0.1, 0.15) is 0 Å². The molecule has 19 heavy (non-hydrogen) atoms. The van der Waals surface area contributed by atoms with Crippen molar-refractivity contribution < 1.29 is 9.59 Å². The summed E-state index contributed by atoms with van der Waals surface area (Å²) in [5.41, 5.74) is 5.35. The zero-order valence-electron chi connectivity index (χ0n) is 11.5. The molecule has 0 heterocycles. The van der Waals surface area contributed by atoms with Crippen LogP contribution in [0, 0.1) is 0 Å². The molecule has 0 saturated heterocycles. The van der Waals surface area contributed by atoms with E-state index < -0.39 is 0 Å². The van der Waals surface area contributed by atoms with Gasteiger partial charge in [0.2, 0.25) is 5.91 Å². The number of hydrogen-bond donors (Lipinski definition) is 4. The maximum atomic E-state index is 11.6. The minimum Gasteiger partial charge on any atom is -0.355 e. The lowest BCUT2D eigenvalue weighted by molar-refractivity contribution is -0.120. The number of nitrogens with two attached hydrogens (primary N) is 1. The lowest BCUT2D eigenvalue weighted by Gasteiger charge is -2.22. The molecule has 1 rings (SSSR count). The van der Waals surface area contributed by atoms with E-state index in [9.17, 15) is 9.59 Å². The molecule has 6 nitrogen and oxygen atoms in total. The summed E-state index contributed by atoms with van der Waals surface area (Å²) in [7, 11) is 0. The molecule has 0 unspecified atom stereocenters. The van der Waals surface area contributed by atoms with Gasteiger partial charge in [0.05, 0.1) is 6.54 Å². The van der Waals surface area contributed by atoms with E-state index in [1.165, 1.54) is 19.3 Å². The van der Waals surface area contributed by atoms with E-state index in [0.717, 1.165) is 25.7 Å². The number of rotatable bonds is 7. The van der Waals surface area contributed by atoms with Crippen molar-refractivity contribution in [3.63, 3.8) is 0 Å². The van der Waals surface area contributed by atoms with Gasteiger partial charge in [0.15, 0.2) is 0 Å². The van der Waals surface area contributed by atoms with E-state index in [0.29, 0.717) is 13.1 Å². The summed E-state index contributed by atoms with van der Waals surface area (Å²) in [6.07, 6.45) is 7.45. The molecule has 0 radical (unpaired) electrons. The molecule has 0 aromatic carbocycles. The molecule has 0 bridgehead atoms. The highest BCUT2D eigenvalue weighted by Crippen LogP contribution is 2.16. The van der Waals surface area contributed by atoms with E-state index in [-0.39, 0.29) is 24.5 Å². The molecular weight excluding hydrogens is 244 g/mol. The smallest absolute Gasteiger partial charge is 0.315 e. The molecule has 1 fully saturated rings. The van der Waals surface area contributed by atoms with Crippen LogP contribution in [0.25, 0.3) is 0 Å². The first-order chi connectivity index (χ1) is 9.22. The average molecular weight is 270 g/mol. The lowest BCUT2D eigenvalue weighted by atomic mass is 9.96. The summed E-state index contributed by atoms with van der Waals surface area (Å²) in [6, 6.07) is 0.0189. The first-order valence-corrected chi connectivity index (χ1v) is 7.23. The summed E-state index contributed by atoms with van der Waals surface area (Å²) in [4.78, 5) is 23.0. The third-order valence-electron chi connectivity index (χ3n) is 3.30. The average Bonchev–Trinajstić information content (AvgIpc) is 2.42. The van der Waals surface area contributed by atoms with Gasteiger partial charge in [-0.3, -0.25) is 4.79 Å². The van der Waals surface area contributed by atoms with Crippen LogP contribution in [-0.2, 0) is 4.79 Å². The molecule has 0 atom stereocenters. The van der Waals surface area contributed by atoms with Crippen molar-refractivity contribution in [3.05, 3.63) is 0 Å². The van der Waals surface area contributed by atoms with E-state index in [4.69, 9.17) is 5.73 Å². The Hall–Kier alpha value is -1.30. The van der Waals surface area contributed by atoms with Crippen LogP contribution in [0.5, 0.6) is 0 Å². The summed E-state index contributed by atoms with van der Waals surface area (Å²) in [5, 5.41) is 8.23. The second-order valence-electron chi connectivity index (χ2n) is 5.01.